The number of Topliss-reactive ketones (excluding diaryl/α,β-unsaturated/α-hetero) is 1. The quantitative estimate of drug-likeness (QED) is 0.836. The minimum Gasteiger partial charge on any atom is -0.343 e. The molecule has 0 atom stereocenters. The summed E-state index contributed by atoms with van der Waals surface area (Å²) in [5.41, 5.74) is 2.88. The zero-order chi connectivity index (χ0) is 13.5. The number of nitrogens with one attached hydrogen (secondary N) is 1. The Morgan fingerprint density at radius 3 is 2.89 bits per heavy atom. The number of aliphatic imine (C=N–C) groups is 1. The van der Waals surface area contributed by atoms with Crippen LogP contribution in [0, 0.1) is 5.41 Å². The Kier molecular flexibility index (Phi) is 2.73. The molecular weight excluding hydrogens is 238 g/mol. The number of nitrogens with zero attached hydrogens (tertiary/aromatic N) is 2. The van der Waals surface area contributed by atoms with Crippen LogP contribution in [-0.4, -0.2) is 23.1 Å². The maximum atomic E-state index is 12.1. The summed E-state index contributed by atoms with van der Waals surface area (Å²) in [6.07, 6.45) is 5.04. The van der Waals surface area contributed by atoms with Crippen LogP contribution >= 0.6 is 0 Å². The molecule has 0 saturated heterocycles. The minimum atomic E-state index is 0.0281. The smallest absolute Gasteiger partial charge is 0.163 e. The van der Waals surface area contributed by atoms with Gasteiger partial charge < -0.3 is 5.32 Å². The van der Waals surface area contributed by atoms with Crippen LogP contribution in [0.15, 0.2) is 40.8 Å². The van der Waals surface area contributed by atoms with E-state index in [9.17, 15) is 4.79 Å². The number of rotatable bonds is 1. The van der Waals surface area contributed by atoms with Crippen LogP contribution in [-0.2, 0) is 4.79 Å². The summed E-state index contributed by atoms with van der Waals surface area (Å²) in [7, 11) is 0. The van der Waals surface area contributed by atoms with Crippen LogP contribution in [0.2, 0.25) is 0 Å². The van der Waals surface area contributed by atoms with Gasteiger partial charge >= 0.3 is 0 Å². The third kappa shape index (κ3) is 2.30. The Hall–Kier alpha value is -1.97. The number of carbonyl (C=O) groups is 1. The second-order valence-corrected chi connectivity index (χ2v) is 5.93. The maximum absolute atomic E-state index is 12.1. The van der Waals surface area contributed by atoms with Crippen molar-refractivity contribution >= 4 is 11.6 Å². The molecule has 4 heteroatoms. The fraction of sp³-hybridized carbons (Fsp3) is 0.400. The topological polar surface area (TPSA) is 54.4 Å². The number of amidine groups is 1. The zero-order valence-corrected chi connectivity index (χ0v) is 11.2. The van der Waals surface area contributed by atoms with Crippen molar-refractivity contribution in [2.75, 3.05) is 6.54 Å². The number of allylic oxidation sites excluding steroid dienone is 1. The van der Waals surface area contributed by atoms with Gasteiger partial charge in [0.05, 0.1) is 6.54 Å². The van der Waals surface area contributed by atoms with E-state index in [0.717, 1.165) is 29.1 Å². The van der Waals surface area contributed by atoms with E-state index >= 15 is 0 Å². The van der Waals surface area contributed by atoms with Crippen LogP contribution in [0.4, 0.5) is 0 Å². The average Bonchev–Trinajstić information content (AvgIpc) is 2.37. The van der Waals surface area contributed by atoms with E-state index in [0.29, 0.717) is 13.0 Å². The molecule has 1 N–H and O–H groups in total. The molecule has 1 aromatic heterocycles. The monoisotopic (exact) mass is 255 g/mol. The lowest BCUT2D eigenvalue weighted by atomic mass is 9.75. The third-order valence-electron chi connectivity index (χ3n) is 3.59. The lowest BCUT2D eigenvalue weighted by molar-refractivity contribution is -0.118. The summed E-state index contributed by atoms with van der Waals surface area (Å²) in [6.45, 7) is 4.75. The zero-order valence-electron chi connectivity index (χ0n) is 11.2. The first kappa shape index (κ1) is 12.1. The van der Waals surface area contributed by atoms with E-state index in [-0.39, 0.29) is 11.2 Å². The summed E-state index contributed by atoms with van der Waals surface area (Å²) in [6, 6.07) is 3.86. The standard InChI is InChI=1S/C15H17N3O/c1-15(2)6-12-11(13(19)7-15)9-17-14(18-12)10-4-3-5-16-8-10/h3-5,8H,6-7,9H2,1-2H3,(H,17,18). The van der Waals surface area contributed by atoms with Crippen molar-refractivity contribution in [2.45, 2.75) is 26.7 Å². The summed E-state index contributed by atoms with van der Waals surface area (Å²) in [5.74, 6) is 1.05. The number of pyridine rings is 1. The van der Waals surface area contributed by atoms with E-state index in [1.807, 2.05) is 12.1 Å². The summed E-state index contributed by atoms with van der Waals surface area (Å²) >= 11 is 0. The summed E-state index contributed by atoms with van der Waals surface area (Å²) in [4.78, 5) is 20.7. The number of carbonyl (C=O) groups excluding carboxylic acids is 1. The van der Waals surface area contributed by atoms with Gasteiger partial charge in [-0.15, -0.1) is 0 Å². The Balaban J connectivity index is 1.89. The average molecular weight is 255 g/mol. The van der Waals surface area contributed by atoms with E-state index in [2.05, 4.69) is 29.1 Å². The van der Waals surface area contributed by atoms with Crippen LogP contribution in [0.1, 0.15) is 32.3 Å². The first-order chi connectivity index (χ1) is 9.05. The van der Waals surface area contributed by atoms with Gasteiger partial charge in [0.1, 0.15) is 5.84 Å². The van der Waals surface area contributed by atoms with Crippen LogP contribution in [0.5, 0.6) is 0 Å². The molecule has 2 aliphatic rings. The highest BCUT2D eigenvalue weighted by molar-refractivity contribution is 6.05. The van der Waals surface area contributed by atoms with Gasteiger partial charge in [0, 0.05) is 35.6 Å². The van der Waals surface area contributed by atoms with Crippen molar-refractivity contribution in [3.63, 3.8) is 0 Å². The molecule has 0 unspecified atom stereocenters. The van der Waals surface area contributed by atoms with Gasteiger partial charge in [0.15, 0.2) is 5.78 Å². The van der Waals surface area contributed by atoms with Crippen molar-refractivity contribution in [1.82, 2.24) is 10.3 Å². The lowest BCUT2D eigenvalue weighted by Gasteiger charge is -2.34. The molecule has 0 spiro atoms. The molecule has 0 aromatic carbocycles. The van der Waals surface area contributed by atoms with Crippen molar-refractivity contribution < 1.29 is 4.79 Å². The molecule has 19 heavy (non-hydrogen) atoms. The molecule has 98 valence electrons. The van der Waals surface area contributed by atoms with E-state index in [4.69, 9.17) is 0 Å². The van der Waals surface area contributed by atoms with E-state index in [1.54, 1.807) is 12.4 Å². The predicted molar refractivity (Wildman–Crippen MR) is 73.8 cm³/mol. The minimum absolute atomic E-state index is 0.0281. The van der Waals surface area contributed by atoms with Crippen molar-refractivity contribution in [3.8, 4) is 0 Å². The van der Waals surface area contributed by atoms with Gasteiger partial charge in [-0.25, -0.2) is 0 Å². The largest absolute Gasteiger partial charge is 0.343 e. The molecular formula is C15H17N3O. The Labute approximate surface area is 112 Å². The molecule has 1 aliphatic carbocycles. The predicted octanol–water partition coefficient (Wildman–Crippen LogP) is 2.07. The number of hydrogen-bond donors (Lipinski definition) is 1. The summed E-state index contributed by atoms with van der Waals surface area (Å²) < 4.78 is 0. The van der Waals surface area contributed by atoms with Crippen molar-refractivity contribution in [3.05, 3.63) is 41.4 Å². The molecule has 0 radical (unpaired) electrons. The van der Waals surface area contributed by atoms with Crippen LogP contribution in [0.3, 0.4) is 0 Å². The molecule has 0 amide bonds. The van der Waals surface area contributed by atoms with Gasteiger partial charge in [0.25, 0.3) is 0 Å². The molecule has 1 aromatic rings. The first-order valence-electron chi connectivity index (χ1n) is 6.52. The third-order valence-corrected chi connectivity index (χ3v) is 3.59. The van der Waals surface area contributed by atoms with Crippen molar-refractivity contribution in [2.24, 2.45) is 10.4 Å². The first-order valence-corrected chi connectivity index (χ1v) is 6.52. The SMILES string of the molecule is CC1(C)CC(=O)C2=C(C1)NC(c1cccnc1)=NC2. The van der Waals surface area contributed by atoms with Crippen molar-refractivity contribution in [1.29, 1.82) is 0 Å². The van der Waals surface area contributed by atoms with E-state index < -0.39 is 0 Å². The van der Waals surface area contributed by atoms with Crippen LogP contribution < -0.4 is 5.32 Å². The molecule has 0 saturated carbocycles. The molecule has 0 bridgehead atoms. The van der Waals surface area contributed by atoms with Gasteiger partial charge in [-0.05, 0) is 24.0 Å². The van der Waals surface area contributed by atoms with Crippen LogP contribution in [0.25, 0.3) is 0 Å². The second-order valence-electron chi connectivity index (χ2n) is 5.93. The van der Waals surface area contributed by atoms with E-state index in [1.165, 1.54) is 0 Å². The number of aromatic nitrogens is 1. The lowest BCUT2D eigenvalue weighted by Crippen LogP contribution is -2.38. The normalized spacial score (nSPS) is 21.6. The summed E-state index contributed by atoms with van der Waals surface area (Å²) in [5, 5.41) is 3.33. The molecule has 1 aliphatic heterocycles. The fourth-order valence-electron chi connectivity index (χ4n) is 2.67. The highest BCUT2D eigenvalue weighted by Gasteiger charge is 2.34. The second kappa shape index (κ2) is 4.30. The van der Waals surface area contributed by atoms with Gasteiger partial charge in [-0.2, -0.15) is 0 Å². The Morgan fingerprint density at radius 2 is 2.16 bits per heavy atom. The maximum Gasteiger partial charge on any atom is 0.163 e. The molecule has 2 heterocycles. The Bertz CT molecular complexity index is 585. The molecule has 4 nitrogen and oxygen atoms in total. The van der Waals surface area contributed by atoms with Gasteiger partial charge in [-0.3, -0.25) is 14.8 Å². The van der Waals surface area contributed by atoms with Gasteiger partial charge in [0.2, 0.25) is 0 Å². The van der Waals surface area contributed by atoms with Gasteiger partial charge in [-0.1, -0.05) is 13.8 Å². The Morgan fingerprint density at radius 1 is 1.32 bits per heavy atom. The fourth-order valence-corrected chi connectivity index (χ4v) is 2.67. The number of hydrogen-bond acceptors (Lipinski definition) is 4. The highest BCUT2D eigenvalue weighted by atomic mass is 16.1. The molecule has 3 rings (SSSR count). The molecule has 0 fully saturated rings. The number of ketones is 1. The highest BCUT2D eigenvalue weighted by Crippen LogP contribution is 2.36.